The minimum absolute atomic E-state index is 1.10. The average molecular weight is 181 g/mol. The summed E-state index contributed by atoms with van der Waals surface area (Å²) in [5, 5.41) is 5.50. The first-order valence-electron chi connectivity index (χ1n) is 4.16. The highest BCUT2D eigenvalue weighted by Crippen LogP contribution is 2.21. The van der Waals surface area contributed by atoms with Crippen molar-refractivity contribution >= 4 is 11.9 Å². The van der Waals surface area contributed by atoms with Gasteiger partial charge in [0.25, 0.3) is 0 Å². The Balaban J connectivity index is 3.18. The zero-order valence-corrected chi connectivity index (χ0v) is 8.66. The summed E-state index contributed by atoms with van der Waals surface area (Å²) >= 11 is 1.32. The van der Waals surface area contributed by atoms with Crippen LogP contribution in [0.1, 0.15) is 23.6 Å². The lowest BCUT2D eigenvalue weighted by Gasteiger charge is -2.08. The normalized spacial score (nSPS) is 10.3. The molecule has 0 amide bonds. The molecular weight excluding hydrogens is 166 g/mol. The molecule has 0 unspecified atom stereocenters. The highest BCUT2D eigenvalue weighted by molar-refractivity contribution is 7.97. The van der Waals surface area contributed by atoms with E-state index in [1.165, 1.54) is 28.6 Å². The van der Waals surface area contributed by atoms with Crippen LogP contribution in [0.5, 0.6) is 0 Å². The van der Waals surface area contributed by atoms with Crippen LogP contribution in [0.25, 0.3) is 0 Å². The fraction of sp³-hybridized carbons (Fsp3) is 0.400. The minimum atomic E-state index is 1.10. The first-order valence-corrected chi connectivity index (χ1v) is 5.03. The molecule has 0 bridgehead atoms. The molecule has 0 spiro atoms. The van der Waals surface area contributed by atoms with Crippen molar-refractivity contribution in [1.29, 1.82) is 0 Å². The third-order valence-corrected chi connectivity index (χ3v) is 2.67. The topological polar surface area (TPSA) is 26.0 Å². The van der Waals surface area contributed by atoms with Gasteiger partial charge in [0.2, 0.25) is 0 Å². The van der Waals surface area contributed by atoms with Crippen LogP contribution >= 0.6 is 11.9 Å². The molecule has 1 nitrogen and oxygen atoms in total. The van der Waals surface area contributed by atoms with Gasteiger partial charge in [-0.05, 0) is 61.0 Å². The largest absolute Gasteiger partial charge is 0.274 e. The molecule has 2 heteroatoms. The third-order valence-electron chi connectivity index (χ3n) is 2.16. The summed E-state index contributed by atoms with van der Waals surface area (Å²) in [6.45, 7) is 6.47. The Bertz CT molecular complexity index is 258. The second-order valence-corrected chi connectivity index (χ2v) is 3.71. The quantitative estimate of drug-likeness (QED) is 0.710. The van der Waals surface area contributed by atoms with Crippen LogP contribution in [0.15, 0.2) is 17.0 Å². The highest BCUT2D eigenvalue weighted by atomic mass is 32.2. The Morgan fingerprint density at radius 2 is 1.75 bits per heavy atom. The Kier molecular flexibility index (Phi) is 3.18. The summed E-state index contributed by atoms with van der Waals surface area (Å²) in [7, 11) is 0. The van der Waals surface area contributed by atoms with Crippen molar-refractivity contribution in [3.05, 3.63) is 28.8 Å². The van der Waals surface area contributed by atoms with E-state index >= 15 is 0 Å². The molecule has 0 aliphatic rings. The van der Waals surface area contributed by atoms with Crippen LogP contribution in [-0.2, 0) is 6.42 Å². The van der Waals surface area contributed by atoms with E-state index in [1.54, 1.807) is 0 Å². The first-order chi connectivity index (χ1) is 5.69. The van der Waals surface area contributed by atoms with Crippen LogP contribution in [0.3, 0.4) is 0 Å². The van der Waals surface area contributed by atoms with Crippen molar-refractivity contribution in [3.63, 3.8) is 0 Å². The Morgan fingerprint density at radius 1 is 1.25 bits per heavy atom. The van der Waals surface area contributed by atoms with Gasteiger partial charge >= 0.3 is 0 Å². The van der Waals surface area contributed by atoms with Gasteiger partial charge in [-0.3, -0.25) is 5.14 Å². The SMILES string of the molecule is CCc1c(C)cc(SN)cc1C. The molecular formula is C10H15NS. The van der Waals surface area contributed by atoms with Gasteiger partial charge in [-0.1, -0.05) is 6.92 Å². The fourth-order valence-corrected chi connectivity index (χ4v) is 2.07. The lowest BCUT2D eigenvalue weighted by atomic mass is 10.0. The van der Waals surface area contributed by atoms with Crippen molar-refractivity contribution in [1.82, 2.24) is 0 Å². The average Bonchev–Trinajstić information content (AvgIpc) is 2.03. The summed E-state index contributed by atoms with van der Waals surface area (Å²) in [4.78, 5) is 1.15. The van der Waals surface area contributed by atoms with Crippen LogP contribution in [0.4, 0.5) is 0 Å². The number of aryl methyl sites for hydroxylation is 2. The maximum absolute atomic E-state index is 5.50. The molecule has 0 saturated carbocycles. The molecule has 12 heavy (non-hydrogen) atoms. The predicted octanol–water partition coefficient (Wildman–Crippen LogP) is 2.83. The molecule has 2 N–H and O–H groups in total. The first kappa shape index (κ1) is 9.62. The lowest BCUT2D eigenvalue weighted by molar-refractivity contribution is 1.06. The van der Waals surface area contributed by atoms with Crippen molar-refractivity contribution in [2.24, 2.45) is 5.14 Å². The number of nitrogens with two attached hydrogens (primary N) is 1. The summed E-state index contributed by atoms with van der Waals surface area (Å²) in [5.74, 6) is 0. The van der Waals surface area contributed by atoms with E-state index in [9.17, 15) is 0 Å². The van der Waals surface area contributed by atoms with E-state index < -0.39 is 0 Å². The molecule has 0 aliphatic heterocycles. The van der Waals surface area contributed by atoms with Gasteiger partial charge in [-0.2, -0.15) is 0 Å². The molecule has 0 aliphatic carbocycles. The molecule has 0 aromatic heterocycles. The summed E-state index contributed by atoms with van der Waals surface area (Å²) in [6, 6.07) is 4.30. The van der Waals surface area contributed by atoms with Gasteiger partial charge in [-0.15, -0.1) is 0 Å². The second kappa shape index (κ2) is 3.97. The molecule has 0 radical (unpaired) electrons. The van der Waals surface area contributed by atoms with E-state index in [0.717, 1.165) is 11.3 Å². The van der Waals surface area contributed by atoms with Gasteiger partial charge in [0.1, 0.15) is 0 Å². The van der Waals surface area contributed by atoms with Gasteiger partial charge in [0.15, 0.2) is 0 Å². The summed E-state index contributed by atoms with van der Waals surface area (Å²) < 4.78 is 0. The molecule has 0 fully saturated rings. The Labute approximate surface area is 78.5 Å². The van der Waals surface area contributed by atoms with Gasteiger partial charge in [0.05, 0.1) is 0 Å². The standard InChI is InChI=1S/C10H15NS/c1-4-10-7(2)5-9(12-11)6-8(10)3/h5-6H,4,11H2,1-3H3. The van der Waals surface area contributed by atoms with Gasteiger partial charge in [0, 0.05) is 4.90 Å². The van der Waals surface area contributed by atoms with Crippen molar-refractivity contribution < 1.29 is 0 Å². The Morgan fingerprint density at radius 3 is 2.08 bits per heavy atom. The van der Waals surface area contributed by atoms with Crippen molar-refractivity contribution in [2.75, 3.05) is 0 Å². The summed E-state index contributed by atoms with van der Waals surface area (Å²) in [6.07, 6.45) is 1.10. The number of hydrogen-bond donors (Lipinski definition) is 1. The molecule has 0 saturated heterocycles. The Hall–Kier alpha value is -0.470. The van der Waals surface area contributed by atoms with Crippen LogP contribution < -0.4 is 5.14 Å². The van der Waals surface area contributed by atoms with E-state index in [-0.39, 0.29) is 0 Å². The molecule has 0 atom stereocenters. The number of rotatable bonds is 2. The molecule has 66 valence electrons. The van der Waals surface area contributed by atoms with Crippen LogP contribution in [-0.4, -0.2) is 0 Å². The van der Waals surface area contributed by atoms with E-state index in [2.05, 4.69) is 32.9 Å². The minimum Gasteiger partial charge on any atom is -0.274 e. The van der Waals surface area contributed by atoms with Crippen molar-refractivity contribution in [2.45, 2.75) is 32.1 Å². The number of hydrogen-bond acceptors (Lipinski definition) is 2. The molecule has 0 heterocycles. The second-order valence-electron chi connectivity index (χ2n) is 3.01. The monoisotopic (exact) mass is 181 g/mol. The van der Waals surface area contributed by atoms with Gasteiger partial charge < -0.3 is 0 Å². The lowest BCUT2D eigenvalue weighted by Crippen LogP contribution is -1.93. The maximum atomic E-state index is 5.50. The van der Waals surface area contributed by atoms with E-state index in [1.807, 2.05) is 0 Å². The van der Waals surface area contributed by atoms with Gasteiger partial charge in [-0.25, -0.2) is 0 Å². The zero-order valence-electron chi connectivity index (χ0n) is 7.85. The molecule has 1 aromatic rings. The summed E-state index contributed by atoms with van der Waals surface area (Å²) in [5.41, 5.74) is 4.16. The molecule has 1 rings (SSSR count). The highest BCUT2D eigenvalue weighted by Gasteiger charge is 2.02. The van der Waals surface area contributed by atoms with Crippen LogP contribution in [0, 0.1) is 13.8 Å². The maximum Gasteiger partial charge on any atom is 0.0231 e. The smallest absolute Gasteiger partial charge is 0.0231 e. The van der Waals surface area contributed by atoms with E-state index in [4.69, 9.17) is 5.14 Å². The van der Waals surface area contributed by atoms with Crippen LogP contribution in [0.2, 0.25) is 0 Å². The fourth-order valence-electron chi connectivity index (χ4n) is 1.58. The zero-order chi connectivity index (χ0) is 9.14. The van der Waals surface area contributed by atoms with E-state index in [0.29, 0.717) is 0 Å². The molecule has 1 aromatic carbocycles. The van der Waals surface area contributed by atoms with Crippen molar-refractivity contribution in [3.8, 4) is 0 Å². The third kappa shape index (κ3) is 1.82. The predicted molar refractivity (Wildman–Crippen MR) is 55.3 cm³/mol. The number of benzene rings is 1.